The van der Waals surface area contributed by atoms with Gasteiger partial charge in [-0.2, -0.15) is 0 Å². The number of thiazole rings is 1. The molecule has 0 saturated carbocycles. The number of hydrogen-bond donors (Lipinski definition) is 1. The van der Waals surface area contributed by atoms with E-state index in [0.717, 1.165) is 16.6 Å². The topological polar surface area (TPSA) is 56.0 Å². The number of fused-ring (bicyclic) bond motifs is 1. The van der Waals surface area contributed by atoms with Crippen molar-refractivity contribution in [3.63, 3.8) is 0 Å². The molecule has 102 valence electrons. The van der Waals surface area contributed by atoms with Crippen LogP contribution >= 0.6 is 11.3 Å². The molecule has 1 heterocycles. The number of anilines is 1. The summed E-state index contributed by atoms with van der Waals surface area (Å²) in [5.41, 5.74) is 8.53. The summed E-state index contributed by atoms with van der Waals surface area (Å²) in [7, 11) is -1.06. The SMILES string of the molecule is Nc1ccc2nc(S(=O)CCc3ccccc3)sc2c1. The fourth-order valence-electron chi connectivity index (χ4n) is 1.96. The zero-order valence-corrected chi connectivity index (χ0v) is 12.4. The van der Waals surface area contributed by atoms with E-state index >= 15 is 0 Å². The van der Waals surface area contributed by atoms with Crippen molar-refractivity contribution in [3.8, 4) is 0 Å². The number of nitrogens with zero attached hydrogens (tertiary/aromatic N) is 1. The fraction of sp³-hybridized carbons (Fsp3) is 0.133. The Balaban J connectivity index is 1.75. The Bertz CT molecular complexity index is 753. The van der Waals surface area contributed by atoms with E-state index in [4.69, 9.17) is 5.73 Å². The summed E-state index contributed by atoms with van der Waals surface area (Å²) < 4.78 is 14.0. The number of benzene rings is 2. The Morgan fingerprint density at radius 1 is 1.15 bits per heavy atom. The van der Waals surface area contributed by atoms with Crippen LogP contribution in [0.15, 0.2) is 52.9 Å². The van der Waals surface area contributed by atoms with Crippen molar-refractivity contribution in [3.05, 3.63) is 54.1 Å². The van der Waals surface area contributed by atoms with Gasteiger partial charge in [0.2, 0.25) is 0 Å². The Morgan fingerprint density at radius 3 is 2.75 bits per heavy atom. The highest BCUT2D eigenvalue weighted by molar-refractivity contribution is 7.87. The maximum atomic E-state index is 12.3. The lowest BCUT2D eigenvalue weighted by atomic mass is 10.2. The van der Waals surface area contributed by atoms with E-state index in [1.807, 2.05) is 36.4 Å². The average Bonchev–Trinajstić information content (AvgIpc) is 2.89. The molecule has 5 heteroatoms. The summed E-state index contributed by atoms with van der Waals surface area (Å²) in [4.78, 5) is 4.43. The molecule has 2 N–H and O–H groups in total. The second-order valence-electron chi connectivity index (χ2n) is 4.49. The molecule has 1 atom stereocenters. The van der Waals surface area contributed by atoms with E-state index in [9.17, 15) is 4.21 Å². The molecule has 0 spiro atoms. The third kappa shape index (κ3) is 2.89. The average molecular weight is 302 g/mol. The van der Waals surface area contributed by atoms with Crippen LogP contribution in [0.3, 0.4) is 0 Å². The van der Waals surface area contributed by atoms with Crippen LogP contribution in [-0.4, -0.2) is 14.9 Å². The van der Waals surface area contributed by atoms with Crippen molar-refractivity contribution in [2.75, 3.05) is 11.5 Å². The zero-order chi connectivity index (χ0) is 13.9. The monoisotopic (exact) mass is 302 g/mol. The molecule has 3 rings (SSSR count). The summed E-state index contributed by atoms with van der Waals surface area (Å²) >= 11 is 1.46. The van der Waals surface area contributed by atoms with E-state index in [0.29, 0.717) is 15.8 Å². The molecule has 3 aromatic rings. The molecule has 0 amide bonds. The normalized spacial score (nSPS) is 12.6. The maximum Gasteiger partial charge on any atom is 0.181 e. The number of hydrogen-bond acceptors (Lipinski definition) is 4. The first-order valence-electron chi connectivity index (χ1n) is 6.31. The lowest BCUT2D eigenvalue weighted by Gasteiger charge is -1.99. The van der Waals surface area contributed by atoms with Crippen molar-refractivity contribution in [1.29, 1.82) is 0 Å². The van der Waals surface area contributed by atoms with E-state index in [-0.39, 0.29) is 0 Å². The third-order valence-corrected chi connectivity index (χ3v) is 5.68. The highest BCUT2D eigenvalue weighted by Crippen LogP contribution is 2.26. The second-order valence-corrected chi connectivity index (χ2v) is 7.27. The highest BCUT2D eigenvalue weighted by atomic mass is 32.2. The van der Waals surface area contributed by atoms with Crippen LogP contribution in [-0.2, 0) is 17.2 Å². The number of aromatic nitrogens is 1. The standard InChI is InChI=1S/C15H14N2OS2/c16-12-6-7-13-14(10-12)19-15(17-13)20(18)9-8-11-4-2-1-3-5-11/h1-7,10H,8-9,16H2. The number of nitrogen functional groups attached to an aromatic ring is 1. The van der Waals surface area contributed by atoms with E-state index in [1.165, 1.54) is 16.9 Å². The predicted molar refractivity (Wildman–Crippen MR) is 85.5 cm³/mol. The molecule has 0 aliphatic carbocycles. The number of nitrogens with two attached hydrogens (primary N) is 1. The van der Waals surface area contributed by atoms with Gasteiger partial charge >= 0.3 is 0 Å². The molecule has 0 aliphatic rings. The number of aryl methyl sites for hydroxylation is 1. The zero-order valence-electron chi connectivity index (χ0n) is 10.8. The van der Waals surface area contributed by atoms with Crippen LogP contribution in [0.25, 0.3) is 10.2 Å². The third-order valence-electron chi connectivity index (χ3n) is 3.01. The minimum atomic E-state index is -1.06. The van der Waals surface area contributed by atoms with Crippen LogP contribution in [0.4, 0.5) is 5.69 Å². The fourth-order valence-corrected chi connectivity index (χ4v) is 4.39. The maximum absolute atomic E-state index is 12.3. The lowest BCUT2D eigenvalue weighted by molar-refractivity contribution is 0.682. The first kappa shape index (κ1) is 13.3. The molecule has 2 aromatic carbocycles. The molecule has 0 aliphatic heterocycles. The van der Waals surface area contributed by atoms with Crippen molar-refractivity contribution in [2.45, 2.75) is 10.8 Å². The molecule has 1 unspecified atom stereocenters. The summed E-state index contributed by atoms with van der Waals surface area (Å²) in [6, 6.07) is 15.7. The molecular weight excluding hydrogens is 288 g/mol. The van der Waals surface area contributed by atoms with Gasteiger partial charge in [0.1, 0.15) is 0 Å². The molecular formula is C15H14N2OS2. The van der Waals surface area contributed by atoms with Gasteiger partial charge in [-0.15, -0.1) is 11.3 Å². The molecule has 0 saturated heterocycles. The van der Waals surface area contributed by atoms with Crippen molar-refractivity contribution < 1.29 is 4.21 Å². The first-order chi connectivity index (χ1) is 9.72. The largest absolute Gasteiger partial charge is 0.399 e. The van der Waals surface area contributed by atoms with Gasteiger partial charge in [-0.1, -0.05) is 30.3 Å². The van der Waals surface area contributed by atoms with Crippen molar-refractivity contribution in [2.24, 2.45) is 0 Å². The van der Waals surface area contributed by atoms with Crippen LogP contribution in [0.1, 0.15) is 5.56 Å². The molecule has 20 heavy (non-hydrogen) atoms. The Morgan fingerprint density at radius 2 is 1.95 bits per heavy atom. The summed E-state index contributed by atoms with van der Waals surface area (Å²) in [6.45, 7) is 0. The van der Waals surface area contributed by atoms with Gasteiger partial charge in [0.05, 0.1) is 21.0 Å². The van der Waals surface area contributed by atoms with Crippen LogP contribution in [0, 0.1) is 0 Å². The van der Waals surface area contributed by atoms with Gasteiger partial charge in [-0.3, -0.25) is 4.21 Å². The molecule has 1 aromatic heterocycles. The van der Waals surface area contributed by atoms with E-state index in [2.05, 4.69) is 17.1 Å². The first-order valence-corrected chi connectivity index (χ1v) is 8.44. The van der Waals surface area contributed by atoms with Crippen LogP contribution in [0.2, 0.25) is 0 Å². The smallest absolute Gasteiger partial charge is 0.181 e. The van der Waals surface area contributed by atoms with Gasteiger partial charge in [0.25, 0.3) is 0 Å². The Hall–Kier alpha value is -1.72. The van der Waals surface area contributed by atoms with E-state index < -0.39 is 10.8 Å². The van der Waals surface area contributed by atoms with Crippen molar-refractivity contribution in [1.82, 2.24) is 4.98 Å². The Kier molecular flexibility index (Phi) is 3.80. The van der Waals surface area contributed by atoms with Crippen molar-refractivity contribution >= 4 is 38.0 Å². The quantitative estimate of drug-likeness (QED) is 0.753. The lowest BCUT2D eigenvalue weighted by Crippen LogP contribution is -2.01. The van der Waals surface area contributed by atoms with Crippen LogP contribution in [0.5, 0.6) is 0 Å². The molecule has 0 bridgehead atoms. The molecule has 3 nitrogen and oxygen atoms in total. The van der Waals surface area contributed by atoms with Crippen LogP contribution < -0.4 is 5.73 Å². The molecule has 0 radical (unpaired) electrons. The minimum Gasteiger partial charge on any atom is -0.399 e. The summed E-state index contributed by atoms with van der Waals surface area (Å²) in [6.07, 6.45) is 0.797. The summed E-state index contributed by atoms with van der Waals surface area (Å²) in [5.74, 6) is 0.597. The predicted octanol–water partition coefficient (Wildman–Crippen LogP) is 3.23. The Labute approximate surface area is 123 Å². The van der Waals surface area contributed by atoms with Gasteiger partial charge in [0.15, 0.2) is 4.34 Å². The summed E-state index contributed by atoms with van der Waals surface area (Å²) in [5, 5.41) is 0. The minimum absolute atomic E-state index is 0.597. The second kappa shape index (κ2) is 5.73. The van der Waals surface area contributed by atoms with E-state index in [1.54, 1.807) is 0 Å². The van der Waals surface area contributed by atoms with Gasteiger partial charge < -0.3 is 5.73 Å². The van der Waals surface area contributed by atoms with Gasteiger partial charge in [-0.25, -0.2) is 4.98 Å². The molecule has 0 fully saturated rings. The van der Waals surface area contributed by atoms with Gasteiger partial charge in [-0.05, 0) is 30.2 Å². The van der Waals surface area contributed by atoms with Gasteiger partial charge in [0, 0.05) is 11.4 Å². The highest BCUT2D eigenvalue weighted by Gasteiger charge is 2.11. The number of rotatable bonds is 4.